The molecule has 2 aliphatic rings. The predicted octanol–water partition coefficient (Wildman–Crippen LogP) is 2.50. The van der Waals surface area contributed by atoms with E-state index < -0.39 is 18.0 Å². The molecule has 26 heavy (non-hydrogen) atoms. The van der Waals surface area contributed by atoms with Crippen LogP contribution >= 0.6 is 0 Å². The maximum absolute atomic E-state index is 12.6. The highest BCUT2D eigenvalue weighted by atomic mass is 16.8. The molecule has 7 nitrogen and oxygen atoms in total. The quantitative estimate of drug-likeness (QED) is 0.865. The summed E-state index contributed by atoms with van der Waals surface area (Å²) in [7, 11) is 0. The van der Waals surface area contributed by atoms with Crippen LogP contribution in [0.2, 0.25) is 0 Å². The molecule has 0 radical (unpaired) electrons. The van der Waals surface area contributed by atoms with Gasteiger partial charge in [-0.15, -0.1) is 0 Å². The fraction of sp³-hybridized carbons (Fsp3) is 0.579. The number of aromatic carboxylic acids is 1. The zero-order chi connectivity index (χ0) is 19.1. The summed E-state index contributed by atoms with van der Waals surface area (Å²) in [4.78, 5) is 25.3. The van der Waals surface area contributed by atoms with E-state index in [1.54, 1.807) is 17.0 Å². The Morgan fingerprint density at radius 2 is 1.92 bits per heavy atom. The number of hydrogen-bond acceptors (Lipinski definition) is 5. The molecule has 1 aromatic carbocycles. The Labute approximate surface area is 152 Å². The first-order valence-electron chi connectivity index (χ1n) is 8.81. The normalized spacial score (nSPS) is 26.8. The van der Waals surface area contributed by atoms with E-state index in [2.05, 4.69) is 0 Å². The van der Waals surface area contributed by atoms with Crippen LogP contribution in [0, 0.1) is 5.92 Å². The molecule has 2 saturated heterocycles. The lowest BCUT2D eigenvalue weighted by Gasteiger charge is -2.30. The molecule has 3 atom stereocenters. The van der Waals surface area contributed by atoms with Gasteiger partial charge in [0.25, 0.3) is 0 Å². The summed E-state index contributed by atoms with van der Waals surface area (Å²) >= 11 is 0. The van der Waals surface area contributed by atoms with Crippen LogP contribution in [0.15, 0.2) is 24.3 Å². The SMILES string of the molecule is CC(C)CC(=O)N1CC2OC(C)(C)O[C@@H]2[C@H]1Oc1ccc(C(=O)O)cc1. The van der Waals surface area contributed by atoms with Crippen molar-refractivity contribution in [2.75, 3.05) is 6.54 Å². The molecule has 0 aliphatic carbocycles. The van der Waals surface area contributed by atoms with Gasteiger partial charge in [-0.3, -0.25) is 4.79 Å². The molecular formula is C19H25NO6. The number of benzene rings is 1. The van der Waals surface area contributed by atoms with Crippen LogP contribution in [0.25, 0.3) is 0 Å². The van der Waals surface area contributed by atoms with Gasteiger partial charge >= 0.3 is 5.97 Å². The number of carboxylic acids is 1. The smallest absolute Gasteiger partial charge is 0.335 e. The van der Waals surface area contributed by atoms with Crippen LogP contribution in [0.3, 0.4) is 0 Å². The van der Waals surface area contributed by atoms with Crippen molar-refractivity contribution in [2.24, 2.45) is 5.92 Å². The second-order valence-electron chi connectivity index (χ2n) is 7.62. The van der Waals surface area contributed by atoms with E-state index in [9.17, 15) is 9.59 Å². The molecule has 1 amide bonds. The first kappa shape index (κ1) is 18.7. The van der Waals surface area contributed by atoms with E-state index in [4.69, 9.17) is 19.3 Å². The topological polar surface area (TPSA) is 85.3 Å². The van der Waals surface area contributed by atoms with Gasteiger partial charge in [0.1, 0.15) is 18.0 Å². The second kappa shape index (κ2) is 6.89. The number of nitrogens with zero attached hydrogens (tertiary/aromatic N) is 1. The molecule has 2 heterocycles. The minimum absolute atomic E-state index is 0.00781. The number of fused-ring (bicyclic) bond motifs is 1. The number of likely N-dealkylation sites (tertiary alicyclic amines) is 1. The molecule has 1 aromatic rings. The Kier molecular flexibility index (Phi) is 4.94. The maximum Gasteiger partial charge on any atom is 0.335 e. The van der Waals surface area contributed by atoms with Crippen molar-refractivity contribution in [1.29, 1.82) is 0 Å². The second-order valence-corrected chi connectivity index (χ2v) is 7.62. The minimum atomic E-state index is -1.000. The van der Waals surface area contributed by atoms with E-state index >= 15 is 0 Å². The van der Waals surface area contributed by atoms with Gasteiger partial charge in [0, 0.05) is 6.42 Å². The van der Waals surface area contributed by atoms with Gasteiger partial charge in [0.05, 0.1) is 12.1 Å². The summed E-state index contributed by atoms with van der Waals surface area (Å²) < 4.78 is 17.9. The lowest BCUT2D eigenvalue weighted by atomic mass is 10.1. The highest BCUT2D eigenvalue weighted by molar-refractivity contribution is 5.87. The van der Waals surface area contributed by atoms with E-state index in [-0.39, 0.29) is 29.6 Å². The zero-order valence-electron chi connectivity index (χ0n) is 15.5. The Hall–Kier alpha value is -2.12. The third kappa shape index (κ3) is 3.83. The Bertz CT molecular complexity index is 684. The van der Waals surface area contributed by atoms with Crippen LogP contribution in [0.1, 0.15) is 44.5 Å². The van der Waals surface area contributed by atoms with Gasteiger partial charge in [-0.2, -0.15) is 0 Å². The molecular weight excluding hydrogens is 338 g/mol. The van der Waals surface area contributed by atoms with E-state index in [1.165, 1.54) is 12.1 Å². The molecule has 7 heteroatoms. The van der Waals surface area contributed by atoms with Crippen LogP contribution in [-0.2, 0) is 14.3 Å². The Balaban J connectivity index is 1.80. The minimum Gasteiger partial charge on any atom is -0.478 e. The third-order valence-electron chi connectivity index (χ3n) is 4.45. The van der Waals surface area contributed by atoms with Crippen LogP contribution in [0.4, 0.5) is 0 Å². The Morgan fingerprint density at radius 1 is 1.27 bits per heavy atom. The number of carbonyl (C=O) groups is 2. The van der Waals surface area contributed by atoms with Crippen molar-refractivity contribution in [3.8, 4) is 5.75 Å². The van der Waals surface area contributed by atoms with Crippen LogP contribution < -0.4 is 4.74 Å². The van der Waals surface area contributed by atoms with Gasteiger partial charge in [0.2, 0.25) is 12.1 Å². The van der Waals surface area contributed by atoms with E-state index in [1.807, 2.05) is 27.7 Å². The van der Waals surface area contributed by atoms with Crippen LogP contribution in [0.5, 0.6) is 5.75 Å². The molecule has 3 rings (SSSR count). The highest BCUT2D eigenvalue weighted by Crippen LogP contribution is 2.38. The number of ether oxygens (including phenoxy) is 3. The lowest BCUT2D eigenvalue weighted by molar-refractivity contribution is -0.181. The average Bonchev–Trinajstić information content (AvgIpc) is 3.00. The third-order valence-corrected chi connectivity index (χ3v) is 4.45. The van der Waals surface area contributed by atoms with Crippen molar-refractivity contribution in [2.45, 2.75) is 58.3 Å². The van der Waals surface area contributed by atoms with Crippen molar-refractivity contribution in [1.82, 2.24) is 4.90 Å². The van der Waals surface area contributed by atoms with Gasteiger partial charge in [-0.25, -0.2) is 4.79 Å². The molecule has 0 spiro atoms. The van der Waals surface area contributed by atoms with Crippen molar-refractivity contribution >= 4 is 11.9 Å². The lowest BCUT2D eigenvalue weighted by Crippen LogP contribution is -2.45. The number of hydrogen-bond donors (Lipinski definition) is 1. The molecule has 142 valence electrons. The fourth-order valence-corrected chi connectivity index (χ4v) is 3.38. The Morgan fingerprint density at radius 3 is 2.50 bits per heavy atom. The number of carbonyl (C=O) groups excluding carboxylic acids is 1. The van der Waals surface area contributed by atoms with E-state index in [0.29, 0.717) is 18.7 Å². The summed E-state index contributed by atoms with van der Waals surface area (Å²) in [5.41, 5.74) is 0.177. The summed E-state index contributed by atoms with van der Waals surface area (Å²) in [6.07, 6.45) is -0.825. The van der Waals surface area contributed by atoms with Gasteiger partial charge in [-0.05, 0) is 44.0 Å². The fourth-order valence-electron chi connectivity index (χ4n) is 3.38. The summed E-state index contributed by atoms with van der Waals surface area (Å²) in [6, 6.07) is 6.12. The number of rotatable bonds is 5. The van der Waals surface area contributed by atoms with Crippen molar-refractivity contribution in [3.63, 3.8) is 0 Å². The molecule has 2 aliphatic heterocycles. The van der Waals surface area contributed by atoms with Crippen molar-refractivity contribution in [3.05, 3.63) is 29.8 Å². The molecule has 1 N–H and O–H groups in total. The zero-order valence-corrected chi connectivity index (χ0v) is 15.5. The molecule has 0 bridgehead atoms. The summed E-state index contributed by atoms with van der Waals surface area (Å²) in [6.45, 7) is 8.07. The average molecular weight is 363 g/mol. The van der Waals surface area contributed by atoms with Crippen molar-refractivity contribution < 1.29 is 28.9 Å². The maximum atomic E-state index is 12.6. The largest absolute Gasteiger partial charge is 0.478 e. The summed E-state index contributed by atoms with van der Waals surface area (Å²) in [5, 5.41) is 9.01. The molecule has 1 unspecified atom stereocenters. The summed E-state index contributed by atoms with van der Waals surface area (Å²) in [5.74, 6) is -1.02. The standard InChI is InChI=1S/C19H25NO6/c1-11(2)9-15(21)20-10-14-16(26-19(3,4)25-14)17(20)24-13-7-5-12(6-8-13)18(22)23/h5-8,11,14,16-17H,9-10H2,1-4H3,(H,22,23)/t14?,16-,17+/m0/s1. The van der Waals surface area contributed by atoms with Gasteiger partial charge in [-0.1, -0.05) is 13.8 Å². The first-order chi connectivity index (χ1) is 12.2. The van der Waals surface area contributed by atoms with Gasteiger partial charge < -0.3 is 24.2 Å². The van der Waals surface area contributed by atoms with Gasteiger partial charge in [0.15, 0.2) is 5.79 Å². The number of amides is 1. The highest BCUT2D eigenvalue weighted by Gasteiger charge is 2.55. The monoisotopic (exact) mass is 363 g/mol. The predicted molar refractivity (Wildman–Crippen MR) is 92.8 cm³/mol. The molecule has 2 fully saturated rings. The first-order valence-corrected chi connectivity index (χ1v) is 8.81. The number of carboxylic acid groups (broad SMARTS) is 1. The molecule has 0 aromatic heterocycles. The molecule has 0 saturated carbocycles. The van der Waals surface area contributed by atoms with E-state index in [0.717, 1.165) is 0 Å². The van der Waals surface area contributed by atoms with Crippen LogP contribution in [-0.4, -0.2) is 52.7 Å².